The summed E-state index contributed by atoms with van der Waals surface area (Å²) >= 11 is 14.5. The lowest BCUT2D eigenvalue weighted by Gasteiger charge is -2.16. The zero-order chi connectivity index (χ0) is 24.2. The number of carbonyl (C=O) groups excluding carboxylic acids is 1. The van der Waals surface area contributed by atoms with E-state index in [4.69, 9.17) is 32.7 Å². The third-order valence-electron chi connectivity index (χ3n) is 5.44. The second kappa shape index (κ2) is 11.0. The van der Waals surface area contributed by atoms with Crippen molar-refractivity contribution in [3.8, 4) is 11.5 Å². The Kier molecular flexibility index (Phi) is 8.06. The first-order chi connectivity index (χ1) is 16.4. The van der Waals surface area contributed by atoms with Gasteiger partial charge in [0, 0.05) is 33.3 Å². The van der Waals surface area contributed by atoms with Crippen molar-refractivity contribution in [2.75, 3.05) is 18.1 Å². The van der Waals surface area contributed by atoms with Gasteiger partial charge in [-0.05, 0) is 77.9 Å². The zero-order valence-electron chi connectivity index (χ0n) is 18.9. The number of carbonyl (C=O) groups is 1. The van der Waals surface area contributed by atoms with Crippen molar-refractivity contribution in [1.29, 1.82) is 0 Å². The maximum Gasteiger partial charge on any atom is 0.258 e. The summed E-state index contributed by atoms with van der Waals surface area (Å²) in [5, 5.41) is 1.13. The molecule has 0 unspecified atom stereocenters. The van der Waals surface area contributed by atoms with E-state index in [2.05, 4.69) is 29.5 Å². The van der Waals surface area contributed by atoms with Gasteiger partial charge in [0.2, 0.25) is 0 Å². The number of anilines is 1. The number of hydrogen-bond acceptors (Lipinski definition) is 3. The summed E-state index contributed by atoms with van der Waals surface area (Å²) in [6.07, 6.45) is 2.82. The summed E-state index contributed by atoms with van der Waals surface area (Å²) in [6, 6.07) is 17.2. The highest BCUT2D eigenvalue weighted by molar-refractivity contribution is 14.1. The van der Waals surface area contributed by atoms with Crippen molar-refractivity contribution in [2.24, 2.45) is 0 Å². The lowest BCUT2D eigenvalue weighted by atomic mass is 10.0. The van der Waals surface area contributed by atoms with Gasteiger partial charge in [-0.25, -0.2) is 0 Å². The Bertz CT molecular complexity index is 1260. The highest BCUT2D eigenvalue weighted by atomic mass is 127. The maximum atomic E-state index is 13.2. The molecule has 1 amide bonds. The van der Waals surface area contributed by atoms with Gasteiger partial charge in [-0.3, -0.25) is 4.79 Å². The Morgan fingerprint density at radius 3 is 2.56 bits per heavy atom. The lowest BCUT2D eigenvalue weighted by Crippen LogP contribution is -2.26. The van der Waals surface area contributed by atoms with E-state index in [9.17, 15) is 4.79 Å². The van der Waals surface area contributed by atoms with E-state index in [0.717, 1.165) is 32.4 Å². The molecule has 0 saturated carbocycles. The maximum absolute atomic E-state index is 13.2. The minimum atomic E-state index is 0.0220. The van der Waals surface area contributed by atoms with Crippen molar-refractivity contribution in [1.82, 2.24) is 0 Å². The molecule has 34 heavy (non-hydrogen) atoms. The minimum Gasteiger partial charge on any atom is -0.490 e. The molecule has 0 bridgehead atoms. The fourth-order valence-electron chi connectivity index (χ4n) is 3.92. The molecule has 7 heteroatoms. The van der Waals surface area contributed by atoms with E-state index in [1.807, 2.05) is 60.4 Å². The first kappa shape index (κ1) is 24.9. The van der Waals surface area contributed by atoms with Crippen molar-refractivity contribution < 1.29 is 14.3 Å². The normalized spacial score (nSPS) is 14.0. The molecule has 176 valence electrons. The van der Waals surface area contributed by atoms with Crippen LogP contribution in [0.25, 0.3) is 11.6 Å². The van der Waals surface area contributed by atoms with Crippen LogP contribution in [0.5, 0.6) is 11.5 Å². The molecule has 0 fully saturated rings. The Morgan fingerprint density at radius 1 is 1.03 bits per heavy atom. The van der Waals surface area contributed by atoms with Gasteiger partial charge >= 0.3 is 0 Å². The minimum absolute atomic E-state index is 0.0220. The summed E-state index contributed by atoms with van der Waals surface area (Å²) in [5.74, 6) is 1.28. The van der Waals surface area contributed by atoms with Gasteiger partial charge in [0.1, 0.15) is 6.61 Å². The Hall–Kier alpha value is -2.22. The van der Waals surface area contributed by atoms with Crippen LogP contribution in [0.15, 0.2) is 54.6 Å². The van der Waals surface area contributed by atoms with E-state index < -0.39 is 0 Å². The van der Waals surface area contributed by atoms with Crippen LogP contribution in [0.3, 0.4) is 0 Å². The smallest absolute Gasteiger partial charge is 0.258 e. The molecule has 1 heterocycles. The molecule has 0 radical (unpaired) electrons. The summed E-state index contributed by atoms with van der Waals surface area (Å²) in [5.41, 5.74) is 4.30. The fraction of sp³-hybridized carbons (Fsp3) is 0.222. The number of para-hydroxylation sites is 1. The van der Waals surface area contributed by atoms with E-state index in [0.29, 0.717) is 40.3 Å². The van der Waals surface area contributed by atoms with Gasteiger partial charge in [0.25, 0.3) is 5.91 Å². The van der Waals surface area contributed by atoms with Crippen LogP contribution in [0.1, 0.15) is 37.0 Å². The molecule has 4 rings (SSSR count). The van der Waals surface area contributed by atoms with Crippen molar-refractivity contribution in [3.63, 3.8) is 0 Å². The molecule has 3 aromatic rings. The number of halogens is 3. The molecule has 0 N–H and O–H groups in total. The van der Waals surface area contributed by atoms with Gasteiger partial charge < -0.3 is 14.4 Å². The molecule has 4 nitrogen and oxygen atoms in total. The average Bonchev–Trinajstić information content (AvgIpc) is 3.06. The summed E-state index contributed by atoms with van der Waals surface area (Å²) < 4.78 is 12.9. The second-order valence-electron chi connectivity index (χ2n) is 7.82. The van der Waals surface area contributed by atoms with Gasteiger partial charge in [0.05, 0.1) is 15.9 Å². The van der Waals surface area contributed by atoms with Crippen LogP contribution in [-0.4, -0.2) is 19.1 Å². The number of nitrogens with zero attached hydrogens (tertiary/aromatic N) is 1. The summed E-state index contributed by atoms with van der Waals surface area (Å²) in [6.45, 7) is 5.46. The molecule has 0 spiro atoms. The van der Waals surface area contributed by atoms with Gasteiger partial charge in [0.15, 0.2) is 11.5 Å². The van der Waals surface area contributed by atoms with E-state index >= 15 is 0 Å². The third-order valence-corrected chi connectivity index (χ3v) is 6.83. The van der Waals surface area contributed by atoms with Gasteiger partial charge in [-0.2, -0.15) is 0 Å². The SMILES string of the molecule is CCCN1C(=O)/C(=C\c2cc(I)c(OCc3ccc(Cl)cc3Cl)c(OCC)c2)c2ccccc21. The molecule has 0 saturated heterocycles. The van der Waals surface area contributed by atoms with Gasteiger partial charge in [-0.1, -0.05) is 54.4 Å². The largest absolute Gasteiger partial charge is 0.490 e. The molecule has 0 aliphatic carbocycles. The molecule has 0 aromatic heterocycles. The number of rotatable bonds is 8. The van der Waals surface area contributed by atoms with Crippen LogP contribution in [0.4, 0.5) is 5.69 Å². The van der Waals surface area contributed by atoms with Crippen LogP contribution < -0.4 is 14.4 Å². The fourth-order valence-corrected chi connectivity index (χ4v) is 5.17. The predicted octanol–water partition coefficient (Wildman–Crippen LogP) is 7.87. The molecular formula is C27H24Cl2INO3. The number of ether oxygens (including phenoxy) is 2. The van der Waals surface area contributed by atoms with Crippen LogP contribution >= 0.6 is 45.8 Å². The number of benzene rings is 3. The zero-order valence-corrected chi connectivity index (χ0v) is 22.6. The summed E-state index contributed by atoms with van der Waals surface area (Å²) in [4.78, 5) is 15.1. The Labute approximate surface area is 223 Å². The van der Waals surface area contributed by atoms with Gasteiger partial charge in [-0.15, -0.1) is 0 Å². The Balaban J connectivity index is 1.67. The molecule has 0 atom stereocenters. The molecule has 1 aliphatic rings. The lowest BCUT2D eigenvalue weighted by molar-refractivity contribution is -0.113. The van der Waals surface area contributed by atoms with Crippen LogP contribution in [0.2, 0.25) is 10.0 Å². The first-order valence-electron chi connectivity index (χ1n) is 11.1. The second-order valence-corrected chi connectivity index (χ2v) is 9.83. The summed E-state index contributed by atoms with van der Waals surface area (Å²) in [7, 11) is 0. The molecule has 3 aromatic carbocycles. The predicted molar refractivity (Wildman–Crippen MR) is 148 cm³/mol. The Morgan fingerprint density at radius 2 is 1.82 bits per heavy atom. The number of hydrogen-bond donors (Lipinski definition) is 0. The highest BCUT2D eigenvalue weighted by Crippen LogP contribution is 2.40. The molecule has 1 aliphatic heterocycles. The van der Waals surface area contributed by atoms with Crippen molar-refractivity contribution >= 4 is 69.0 Å². The van der Waals surface area contributed by atoms with Crippen LogP contribution in [-0.2, 0) is 11.4 Å². The third kappa shape index (κ3) is 5.21. The van der Waals surface area contributed by atoms with E-state index in [1.165, 1.54) is 0 Å². The average molecular weight is 608 g/mol. The van der Waals surface area contributed by atoms with Crippen LogP contribution in [0, 0.1) is 3.57 Å². The van der Waals surface area contributed by atoms with E-state index in [-0.39, 0.29) is 12.5 Å². The molecular weight excluding hydrogens is 584 g/mol. The monoisotopic (exact) mass is 607 g/mol. The topological polar surface area (TPSA) is 38.8 Å². The standard InChI is InChI=1S/C27H24Cl2INO3/c1-3-11-31-24-8-6-5-7-20(24)21(27(31)32)12-17-13-23(30)26(25(14-17)33-4-2)34-16-18-9-10-19(28)15-22(18)29/h5-10,12-15H,3-4,11,16H2,1-2H3/b21-12-. The van der Waals surface area contributed by atoms with Crippen molar-refractivity contribution in [3.05, 3.63) is 84.9 Å². The number of fused-ring (bicyclic) bond motifs is 1. The van der Waals surface area contributed by atoms with E-state index in [1.54, 1.807) is 12.1 Å². The first-order valence-corrected chi connectivity index (χ1v) is 12.9. The quantitative estimate of drug-likeness (QED) is 0.193. The number of amides is 1. The highest BCUT2D eigenvalue weighted by Gasteiger charge is 2.31. The van der Waals surface area contributed by atoms with Crippen molar-refractivity contribution in [2.45, 2.75) is 26.9 Å².